The van der Waals surface area contributed by atoms with Gasteiger partial charge in [-0.25, -0.2) is 4.98 Å². The van der Waals surface area contributed by atoms with Crippen LogP contribution in [-0.2, 0) is 6.54 Å². The van der Waals surface area contributed by atoms with Gasteiger partial charge >= 0.3 is 0 Å². The van der Waals surface area contributed by atoms with Crippen LogP contribution in [0.15, 0.2) is 55.0 Å². The molecule has 0 amide bonds. The zero-order valence-corrected chi connectivity index (χ0v) is 18.1. The lowest BCUT2D eigenvalue weighted by atomic mass is 9.91. The fourth-order valence-electron chi connectivity index (χ4n) is 4.57. The van der Waals surface area contributed by atoms with Crippen LogP contribution in [0.2, 0.25) is 0 Å². The topological polar surface area (TPSA) is 75.8 Å². The number of H-pyrrole nitrogens is 1. The highest BCUT2D eigenvalue weighted by atomic mass is 15.3. The Morgan fingerprint density at radius 1 is 1.13 bits per heavy atom. The SMILES string of the molecule is CN(C)c1cc(C2=CCCCC2)ccc1-c1cccc2c1c(N)nn2Cc1cnc[nH]1. The molecule has 0 radical (unpaired) electrons. The van der Waals surface area contributed by atoms with Crippen molar-refractivity contribution in [1.29, 1.82) is 0 Å². The molecule has 2 aromatic carbocycles. The first-order valence-electron chi connectivity index (χ1n) is 10.8. The van der Waals surface area contributed by atoms with E-state index in [9.17, 15) is 0 Å². The maximum atomic E-state index is 6.44. The van der Waals surface area contributed by atoms with Gasteiger partial charge in [0.15, 0.2) is 5.82 Å². The van der Waals surface area contributed by atoms with Crippen LogP contribution in [0.5, 0.6) is 0 Å². The van der Waals surface area contributed by atoms with E-state index < -0.39 is 0 Å². The van der Waals surface area contributed by atoms with Gasteiger partial charge in [-0.3, -0.25) is 4.68 Å². The van der Waals surface area contributed by atoms with Crippen LogP contribution in [0.25, 0.3) is 27.6 Å². The number of rotatable bonds is 5. The fraction of sp³-hybridized carbons (Fsp3) is 0.280. The molecule has 0 bridgehead atoms. The average molecular weight is 413 g/mol. The summed E-state index contributed by atoms with van der Waals surface area (Å²) in [5.41, 5.74) is 14.7. The number of aromatic amines is 1. The van der Waals surface area contributed by atoms with E-state index in [-0.39, 0.29) is 0 Å². The number of hydrogen-bond acceptors (Lipinski definition) is 4. The number of nitrogens with two attached hydrogens (primary N) is 1. The lowest BCUT2D eigenvalue weighted by Crippen LogP contribution is -2.10. The Labute approximate surface area is 182 Å². The van der Waals surface area contributed by atoms with Crippen molar-refractivity contribution in [3.63, 3.8) is 0 Å². The first kappa shape index (κ1) is 19.4. The van der Waals surface area contributed by atoms with Crippen LogP contribution in [0.4, 0.5) is 11.5 Å². The number of anilines is 2. The van der Waals surface area contributed by atoms with Crippen LogP contribution in [-0.4, -0.2) is 33.8 Å². The maximum Gasteiger partial charge on any atom is 0.154 e. The van der Waals surface area contributed by atoms with Crippen LogP contribution in [0.1, 0.15) is 36.9 Å². The number of nitrogens with zero attached hydrogens (tertiary/aromatic N) is 4. The Hall–Kier alpha value is -3.54. The van der Waals surface area contributed by atoms with Crippen molar-refractivity contribution >= 4 is 28.0 Å². The molecule has 6 nitrogen and oxygen atoms in total. The summed E-state index contributed by atoms with van der Waals surface area (Å²) in [7, 11) is 4.20. The van der Waals surface area contributed by atoms with Gasteiger partial charge in [0.1, 0.15) is 0 Å². The number of aromatic nitrogens is 4. The minimum atomic E-state index is 0.550. The van der Waals surface area contributed by atoms with Gasteiger partial charge in [0.25, 0.3) is 0 Å². The summed E-state index contributed by atoms with van der Waals surface area (Å²) in [5.74, 6) is 0.550. The second kappa shape index (κ2) is 7.95. The summed E-state index contributed by atoms with van der Waals surface area (Å²) in [5, 5.41) is 5.64. The number of nitrogen functional groups attached to an aromatic ring is 1. The summed E-state index contributed by atoms with van der Waals surface area (Å²) in [6, 6.07) is 13.1. The van der Waals surface area contributed by atoms with Crippen LogP contribution in [0.3, 0.4) is 0 Å². The zero-order chi connectivity index (χ0) is 21.4. The summed E-state index contributed by atoms with van der Waals surface area (Å²) >= 11 is 0. The number of imidazole rings is 1. The second-order valence-corrected chi connectivity index (χ2v) is 8.42. The molecule has 1 aliphatic rings. The normalized spacial score (nSPS) is 14.1. The summed E-state index contributed by atoms with van der Waals surface area (Å²) in [6.45, 7) is 0.602. The Balaban J connectivity index is 1.63. The largest absolute Gasteiger partial charge is 0.382 e. The van der Waals surface area contributed by atoms with E-state index in [1.807, 2.05) is 10.9 Å². The number of nitrogens with one attached hydrogen (secondary N) is 1. The van der Waals surface area contributed by atoms with Gasteiger partial charge in [-0.15, -0.1) is 0 Å². The van der Waals surface area contributed by atoms with Gasteiger partial charge in [-0.1, -0.05) is 30.3 Å². The molecule has 2 heterocycles. The van der Waals surface area contributed by atoms with Crippen molar-refractivity contribution in [1.82, 2.24) is 19.7 Å². The molecule has 0 saturated carbocycles. The minimum absolute atomic E-state index is 0.550. The van der Waals surface area contributed by atoms with E-state index >= 15 is 0 Å². The Morgan fingerprint density at radius 3 is 2.77 bits per heavy atom. The third-order valence-electron chi connectivity index (χ3n) is 6.11. The molecule has 5 rings (SSSR count). The predicted molar refractivity (Wildman–Crippen MR) is 128 cm³/mol. The lowest BCUT2D eigenvalue weighted by Gasteiger charge is -2.21. The highest BCUT2D eigenvalue weighted by Gasteiger charge is 2.18. The van der Waals surface area contributed by atoms with Crippen molar-refractivity contribution in [3.05, 3.63) is 66.3 Å². The second-order valence-electron chi connectivity index (χ2n) is 8.42. The Morgan fingerprint density at radius 2 is 2.03 bits per heavy atom. The molecular weight excluding hydrogens is 384 g/mol. The summed E-state index contributed by atoms with van der Waals surface area (Å²) < 4.78 is 1.94. The van der Waals surface area contributed by atoms with Crippen molar-refractivity contribution < 1.29 is 0 Å². The number of hydrogen-bond donors (Lipinski definition) is 2. The molecule has 6 heteroatoms. The molecule has 3 N–H and O–H groups in total. The quantitative estimate of drug-likeness (QED) is 0.479. The molecule has 0 spiro atoms. The molecule has 2 aromatic heterocycles. The van der Waals surface area contributed by atoms with Crippen molar-refractivity contribution in [3.8, 4) is 11.1 Å². The molecule has 158 valence electrons. The van der Waals surface area contributed by atoms with Crippen LogP contribution >= 0.6 is 0 Å². The number of fused-ring (bicyclic) bond motifs is 1. The molecule has 0 aliphatic heterocycles. The van der Waals surface area contributed by atoms with E-state index in [0.29, 0.717) is 12.4 Å². The lowest BCUT2D eigenvalue weighted by molar-refractivity contribution is 0.703. The first-order chi connectivity index (χ1) is 15.1. The van der Waals surface area contributed by atoms with Gasteiger partial charge in [0.2, 0.25) is 0 Å². The highest BCUT2D eigenvalue weighted by Crippen LogP contribution is 2.39. The number of allylic oxidation sites excluding steroid dienone is 2. The maximum absolute atomic E-state index is 6.44. The van der Waals surface area contributed by atoms with Crippen LogP contribution < -0.4 is 10.6 Å². The molecule has 0 atom stereocenters. The van der Waals surface area contributed by atoms with E-state index in [1.54, 1.807) is 6.33 Å². The minimum Gasteiger partial charge on any atom is -0.382 e. The molecule has 1 aliphatic carbocycles. The van der Waals surface area contributed by atoms with E-state index in [4.69, 9.17) is 5.73 Å². The zero-order valence-electron chi connectivity index (χ0n) is 18.1. The molecule has 4 aromatic rings. The molecule has 0 fully saturated rings. The Bertz CT molecular complexity index is 1250. The number of benzene rings is 2. The van der Waals surface area contributed by atoms with Gasteiger partial charge in [0, 0.05) is 31.5 Å². The average Bonchev–Trinajstić information content (AvgIpc) is 3.42. The monoisotopic (exact) mass is 412 g/mol. The van der Waals surface area contributed by atoms with Crippen molar-refractivity contribution in [2.24, 2.45) is 0 Å². The van der Waals surface area contributed by atoms with Gasteiger partial charge in [-0.05, 0) is 54.5 Å². The predicted octanol–water partition coefficient (Wildman–Crippen LogP) is 5.08. The van der Waals surface area contributed by atoms with Crippen molar-refractivity contribution in [2.75, 3.05) is 24.7 Å². The third kappa shape index (κ3) is 3.58. The summed E-state index contributed by atoms with van der Waals surface area (Å²) in [4.78, 5) is 9.44. The molecule has 0 saturated heterocycles. The van der Waals surface area contributed by atoms with Gasteiger partial charge in [0.05, 0.1) is 29.5 Å². The van der Waals surface area contributed by atoms with Crippen molar-refractivity contribution in [2.45, 2.75) is 32.2 Å². The fourth-order valence-corrected chi connectivity index (χ4v) is 4.57. The first-order valence-corrected chi connectivity index (χ1v) is 10.8. The summed E-state index contributed by atoms with van der Waals surface area (Å²) in [6.07, 6.45) is 10.8. The van der Waals surface area contributed by atoms with E-state index in [2.05, 4.69) is 76.5 Å². The Kier molecular flexibility index (Phi) is 4.98. The van der Waals surface area contributed by atoms with Gasteiger partial charge in [-0.2, -0.15) is 5.10 Å². The standard InChI is InChI=1S/C25H28N6/c1-30(2)23-13-18(17-7-4-3-5-8-17)11-12-20(23)21-9-6-10-22-24(21)25(26)29-31(22)15-19-14-27-16-28-19/h6-7,9-14,16H,3-5,8,15H2,1-2H3,(H2,26,29)(H,27,28). The van der Waals surface area contributed by atoms with Crippen LogP contribution in [0, 0.1) is 0 Å². The van der Waals surface area contributed by atoms with E-state index in [0.717, 1.165) is 28.6 Å². The smallest absolute Gasteiger partial charge is 0.154 e. The third-order valence-corrected chi connectivity index (χ3v) is 6.11. The molecule has 31 heavy (non-hydrogen) atoms. The van der Waals surface area contributed by atoms with E-state index in [1.165, 1.54) is 41.6 Å². The molecular formula is C25H28N6. The van der Waals surface area contributed by atoms with Gasteiger partial charge < -0.3 is 15.6 Å². The highest BCUT2D eigenvalue weighted by molar-refractivity contribution is 6.04. The molecule has 0 unspecified atom stereocenters.